The molecule has 2 heteroatoms. The minimum absolute atomic E-state index is 0.415. The number of hydrogen-bond donors (Lipinski definition) is 1. The summed E-state index contributed by atoms with van der Waals surface area (Å²) in [6.45, 7) is 8.76. The highest BCUT2D eigenvalue weighted by Gasteiger charge is 2.09. The number of rotatable bonds is 5. The Morgan fingerprint density at radius 2 is 1.81 bits per heavy atom. The molecule has 0 heterocycles. The maximum atomic E-state index is 9.54. The second-order valence-electron chi connectivity index (χ2n) is 4.36. The van der Waals surface area contributed by atoms with Gasteiger partial charge in [-0.25, -0.2) is 0 Å². The van der Waals surface area contributed by atoms with Crippen LogP contribution in [0.15, 0.2) is 12.1 Å². The molecule has 0 saturated carbocycles. The van der Waals surface area contributed by atoms with Gasteiger partial charge in [-0.05, 0) is 56.0 Å². The van der Waals surface area contributed by atoms with E-state index in [0.717, 1.165) is 41.9 Å². The third kappa shape index (κ3) is 3.24. The molecule has 0 amide bonds. The lowest BCUT2D eigenvalue weighted by atomic mass is 10.0. The van der Waals surface area contributed by atoms with Crippen LogP contribution in [0.2, 0.25) is 0 Å². The molecule has 1 aromatic rings. The van der Waals surface area contributed by atoms with Gasteiger partial charge >= 0.3 is 0 Å². The van der Waals surface area contributed by atoms with Gasteiger partial charge in [0.25, 0.3) is 0 Å². The molecule has 0 unspecified atom stereocenters. The molecule has 0 saturated heterocycles. The van der Waals surface area contributed by atoms with Crippen LogP contribution < -0.4 is 4.74 Å². The lowest BCUT2D eigenvalue weighted by Crippen LogP contribution is -2.02. The van der Waals surface area contributed by atoms with Crippen molar-refractivity contribution in [3.8, 4) is 5.75 Å². The molecule has 0 fully saturated rings. The Kier molecular flexibility index (Phi) is 4.81. The molecule has 0 bridgehead atoms. The Morgan fingerprint density at radius 3 is 2.25 bits per heavy atom. The third-order valence-electron chi connectivity index (χ3n) is 2.71. The van der Waals surface area contributed by atoms with Gasteiger partial charge in [0.1, 0.15) is 5.75 Å². The molecule has 0 aromatic heterocycles. The molecule has 0 radical (unpaired) electrons. The van der Waals surface area contributed by atoms with E-state index in [0.29, 0.717) is 0 Å². The molecule has 1 N–H and O–H groups in total. The monoisotopic (exact) mass is 222 g/mol. The summed E-state index contributed by atoms with van der Waals surface area (Å²) in [6, 6.07) is 4.00. The van der Waals surface area contributed by atoms with Crippen LogP contribution in [0.5, 0.6) is 5.75 Å². The topological polar surface area (TPSA) is 29.5 Å². The highest BCUT2D eigenvalue weighted by Crippen LogP contribution is 2.27. The smallest absolute Gasteiger partial charge is 0.125 e. The summed E-state index contributed by atoms with van der Waals surface area (Å²) in [7, 11) is 0. The molecule has 90 valence electrons. The van der Waals surface area contributed by atoms with Crippen LogP contribution in [-0.2, 0) is 0 Å². The second-order valence-corrected chi connectivity index (χ2v) is 4.36. The summed E-state index contributed by atoms with van der Waals surface area (Å²) in [5, 5.41) is 9.54. The lowest BCUT2D eigenvalue weighted by Gasteiger charge is -2.15. The van der Waals surface area contributed by atoms with Gasteiger partial charge in [0.2, 0.25) is 0 Å². The molecule has 2 nitrogen and oxygen atoms in total. The molecule has 0 aliphatic rings. The number of aliphatic hydroxyl groups is 1. The van der Waals surface area contributed by atoms with Gasteiger partial charge < -0.3 is 9.84 Å². The maximum Gasteiger partial charge on any atom is 0.125 e. The van der Waals surface area contributed by atoms with Gasteiger partial charge in [-0.2, -0.15) is 0 Å². The predicted octanol–water partition coefficient (Wildman–Crippen LogP) is 3.54. The van der Waals surface area contributed by atoms with E-state index in [-0.39, 0.29) is 0 Å². The van der Waals surface area contributed by atoms with E-state index in [4.69, 9.17) is 4.74 Å². The highest BCUT2D eigenvalue weighted by molar-refractivity contribution is 5.43. The van der Waals surface area contributed by atoms with Gasteiger partial charge in [-0.15, -0.1) is 0 Å². The van der Waals surface area contributed by atoms with Crippen LogP contribution in [0.1, 0.15) is 49.5 Å². The number of benzene rings is 1. The third-order valence-corrected chi connectivity index (χ3v) is 2.71. The minimum atomic E-state index is -0.415. The van der Waals surface area contributed by atoms with Crippen LogP contribution >= 0.6 is 0 Å². The lowest BCUT2D eigenvalue weighted by molar-refractivity contribution is 0.199. The summed E-state index contributed by atoms with van der Waals surface area (Å²) in [5.41, 5.74) is 3.16. The van der Waals surface area contributed by atoms with Crippen molar-refractivity contribution in [1.82, 2.24) is 0 Å². The Hall–Kier alpha value is -1.02. The van der Waals surface area contributed by atoms with E-state index >= 15 is 0 Å². The zero-order valence-electron chi connectivity index (χ0n) is 10.7. The van der Waals surface area contributed by atoms with Gasteiger partial charge in [0.15, 0.2) is 0 Å². The molecular weight excluding hydrogens is 200 g/mol. The van der Waals surface area contributed by atoms with Crippen LogP contribution in [-0.4, -0.2) is 11.7 Å². The van der Waals surface area contributed by atoms with Crippen molar-refractivity contribution >= 4 is 0 Å². The Labute approximate surface area is 98.3 Å². The Bertz CT molecular complexity index is 320. The first kappa shape index (κ1) is 13.0. The van der Waals surface area contributed by atoms with Gasteiger partial charge in [-0.3, -0.25) is 0 Å². The van der Waals surface area contributed by atoms with Crippen LogP contribution in [0.4, 0.5) is 0 Å². The highest BCUT2D eigenvalue weighted by atomic mass is 16.5. The second kappa shape index (κ2) is 5.90. The zero-order valence-corrected chi connectivity index (χ0v) is 10.7. The fraction of sp³-hybridized carbons (Fsp3) is 0.571. The SMILES string of the molecule is CCCCOc1c(C)cc([C@H](C)O)cc1C. The van der Waals surface area contributed by atoms with Crippen LogP contribution in [0, 0.1) is 13.8 Å². The van der Waals surface area contributed by atoms with E-state index in [2.05, 4.69) is 6.92 Å². The maximum absolute atomic E-state index is 9.54. The van der Waals surface area contributed by atoms with Crippen LogP contribution in [0.3, 0.4) is 0 Å². The Balaban J connectivity index is 2.85. The molecule has 0 aliphatic carbocycles. The van der Waals surface area contributed by atoms with Crippen LogP contribution in [0.25, 0.3) is 0 Å². The molecule has 0 spiro atoms. The normalized spacial score (nSPS) is 12.6. The number of hydrogen-bond acceptors (Lipinski definition) is 2. The average molecular weight is 222 g/mol. The quantitative estimate of drug-likeness (QED) is 0.772. The van der Waals surface area contributed by atoms with E-state index < -0.39 is 6.10 Å². The molecule has 0 aliphatic heterocycles. The average Bonchev–Trinajstić information content (AvgIpc) is 2.21. The molecule has 1 atom stereocenters. The summed E-state index contributed by atoms with van der Waals surface area (Å²) < 4.78 is 5.76. The Morgan fingerprint density at radius 1 is 1.25 bits per heavy atom. The summed E-state index contributed by atoms with van der Waals surface area (Å²) in [4.78, 5) is 0. The fourth-order valence-electron chi connectivity index (χ4n) is 1.77. The number of aryl methyl sites for hydroxylation is 2. The van der Waals surface area contributed by atoms with Crippen molar-refractivity contribution in [2.75, 3.05) is 6.61 Å². The molecule has 1 rings (SSSR count). The van der Waals surface area contributed by atoms with E-state index in [1.165, 1.54) is 0 Å². The zero-order chi connectivity index (χ0) is 12.1. The predicted molar refractivity (Wildman–Crippen MR) is 67.0 cm³/mol. The summed E-state index contributed by atoms with van der Waals surface area (Å²) in [5.74, 6) is 0.970. The van der Waals surface area contributed by atoms with Crippen molar-refractivity contribution < 1.29 is 9.84 Å². The van der Waals surface area contributed by atoms with Crippen molar-refractivity contribution in [2.24, 2.45) is 0 Å². The van der Waals surface area contributed by atoms with Crippen molar-refractivity contribution in [1.29, 1.82) is 0 Å². The molecule has 1 aromatic carbocycles. The van der Waals surface area contributed by atoms with E-state index in [1.807, 2.05) is 26.0 Å². The number of ether oxygens (including phenoxy) is 1. The number of aliphatic hydroxyl groups excluding tert-OH is 1. The minimum Gasteiger partial charge on any atom is -0.493 e. The van der Waals surface area contributed by atoms with Crippen molar-refractivity contribution in [2.45, 2.75) is 46.6 Å². The van der Waals surface area contributed by atoms with Crippen molar-refractivity contribution in [3.63, 3.8) is 0 Å². The standard InChI is InChI=1S/C14H22O2/c1-5-6-7-16-14-10(2)8-13(12(4)15)9-11(14)3/h8-9,12,15H,5-7H2,1-4H3/t12-/m0/s1. The van der Waals surface area contributed by atoms with Gasteiger partial charge in [0.05, 0.1) is 12.7 Å². The first-order chi connectivity index (χ1) is 7.56. The van der Waals surface area contributed by atoms with Crippen molar-refractivity contribution in [3.05, 3.63) is 28.8 Å². The summed E-state index contributed by atoms with van der Waals surface area (Å²) >= 11 is 0. The van der Waals surface area contributed by atoms with Gasteiger partial charge in [0, 0.05) is 0 Å². The van der Waals surface area contributed by atoms with Gasteiger partial charge in [-0.1, -0.05) is 13.3 Å². The van der Waals surface area contributed by atoms with E-state index in [9.17, 15) is 5.11 Å². The largest absolute Gasteiger partial charge is 0.493 e. The first-order valence-electron chi connectivity index (χ1n) is 5.98. The number of unbranched alkanes of at least 4 members (excludes halogenated alkanes) is 1. The van der Waals surface area contributed by atoms with E-state index in [1.54, 1.807) is 6.92 Å². The first-order valence-corrected chi connectivity index (χ1v) is 5.98. The fourth-order valence-corrected chi connectivity index (χ4v) is 1.77. The molecular formula is C14H22O2. The summed E-state index contributed by atoms with van der Waals surface area (Å²) in [6.07, 6.45) is 1.81. The molecule has 16 heavy (non-hydrogen) atoms.